The van der Waals surface area contributed by atoms with Gasteiger partial charge in [-0.25, -0.2) is 9.18 Å². The molecule has 2 amide bonds. The van der Waals surface area contributed by atoms with Gasteiger partial charge in [0.15, 0.2) is 0 Å². The summed E-state index contributed by atoms with van der Waals surface area (Å²) in [6.45, 7) is 2.74. The van der Waals surface area contributed by atoms with Crippen LogP contribution in [0.25, 0.3) is 0 Å². The van der Waals surface area contributed by atoms with E-state index < -0.39 is 6.04 Å². The zero-order chi connectivity index (χ0) is 21.2. The fraction of sp³-hybridized carbons (Fsp3) is 0.269. The molecule has 1 unspecified atom stereocenters. The van der Waals surface area contributed by atoms with Gasteiger partial charge in [-0.1, -0.05) is 66.7 Å². The van der Waals surface area contributed by atoms with Gasteiger partial charge in [0, 0.05) is 42.5 Å². The number of likely N-dealkylation sites (tertiary alicyclic amines) is 1. The molecule has 4 nitrogen and oxygen atoms in total. The summed E-state index contributed by atoms with van der Waals surface area (Å²) in [7, 11) is 0. The maximum absolute atomic E-state index is 14.9. The number of anilines is 1. The summed E-state index contributed by atoms with van der Waals surface area (Å²) in [4.78, 5) is 17.5. The number of halogens is 2. The standard InChI is InChI=1S/C26H26FN3O.ClH/c27-23-12-6-4-10-21(23)25-22-11-5-7-13-24(22)28-26(31)30(25)20-14-16-29(17-15-20)18-19-8-2-1-3-9-19;/h1-13,20,25H,14-18H2,(H,28,31);1H. The van der Waals surface area contributed by atoms with Gasteiger partial charge in [-0.05, 0) is 30.5 Å². The Bertz CT molecular complexity index is 1070. The van der Waals surface area contributed by atoms with Crippen LogP contribution < -0.4 is 5.32 Å². The largest absolute Gasteiger partial charge is 0.322 e. The van der Waals surface area contributed by atoms with E-state index in [1.54, 1.807) is 12.1 Å². The molecule has 32 heavy (non-hydrogen) atoms. The van der Waals surface area contributed by atoms with Gasteiger partial charge >= 0.3 is 6.03 Å². The molecule has 1 atom stereocenters. The number of piperidine rings is 1. The molecule has 1 fully saturated rings. The molecule has 3 aromatic rings. The molecule has 6 heteroatoms. The number of benzene rings is 3. The SMILES string of the molecule is Cl.O=C1Nc2ccccc2C(c2ccccc2F)N1C1CCN(Cc2ccccc2)CC1. The van der Waals surface area contributed by atoms with Crippen molar-refractivity contribution in [2.45, 2.75) is 31.5 Å². The van der Waals surface area contributed by atoms with Crippen molar-refractivity contribution in [3.8, 4) is 0 Å². The molecule has 0 bridgehead atoms. The van der Waals surface area contributed by atoms with Crippen LogP contribution in [0, 0.1) is 5.82 Å². The number of carbonyl (C=O) groups is 1. The number of nitrogens with one attached hydrogen (secondary N) is 1. The minimum atomic E-state index is -0.420. The summed E-state index contributed by atoms with van der Waals surface area (Å²) in [6.07, 6.45) is 1.74. The van der Waals surface area contributed by atoms with Gasteiger partial charge in [0.25, 0.3) is 0 Å². The summed E-state index contributed by atoms with van der Waals surface area (Å²) < 4.78 is 14.9. The highest BCUT2D eigenvalue weighted by molar-refractivity contribution is 5.94. The maximum atomic E-state index is 14.9. The van der Waals surface area contributed by atoms with Crippen molar-refractivity contribution in [2.75, 3.05) is 18.4 Å². The first-order valence-electron chi connectivity index (χ1n) is 10.9. The average molecular weight is 452 g/mol. The number of rotatable bonds is 4. The van der Waals surface area contributed by atoms with Crippen LogP contribution in [-0.4, -0.2) is 35.0 Å². The highest BCUT2D eigenvalue weighted by Gasteiger charge is 2.40. The number of hydrogen-bond donors (Lipinski definition) is 1. The van der Waals surface area contributed by atoms with Crippen molar-refractivity contribution in [3.63, 3.8) is 0 Å². The summed E-state index contributed by atoms with van der Waals surface area (Å²) in [5.74, 6) is -0.275. The van der Waals surface area contributed by atoms with Crippen molar-refractivity contribution in [1.82, 2.24) is 9.80 Å². The first-order valence-corrected chi connectivity index (χ1v) is 10.9. The number of hydrogen-bond acceptors (Lipinski definition) is 2. The second-order valence-electron chi connectivity index (χ2n) is 8.34. The molecule has 2 heterocycles. The minimum Gasteiger partial charge on any atom is -0.310 e. The van der Waals surface area contributed by atoms with E-state index >= 15 is 0 Å². The van der Waals surface area contributed by atoms with E-state index in [9.17, 15) is 9.18 Å². The van der Waals surface area contributed by atoms with Crippen molar-refractivity contribution < 1.29 is 9.18 Å². The van der Waals surface area contributed by atoms with Crippen LogP contribution >= 0.6 is 12.4 Å². The molecular weight excluding hydrogens is 425 g/mol. The van der Waals surface area contributed by atoms with Crippen molar-refractivity contribution in [3.05, 3.63) is 101 Å². The predicted octanol–water partition coefficient (Wildman–Crippen LogP) is 5.85. The van der Waals surface area contributed by atoms with E-state index in [0.717, 1.165) is 43.7 Å². The monoisotopic (exact) mass is 451 g/mol. The van der Waals surface area contributed by atoms with Crippen LogP contribution in [0.5, 0.6) is 0 Å². The Morgan fingerprint density at radius 2 is 1.47 bits per heavy atom. The minimum absolute atomic E-state index is 0. The number of para-hydroxylation sites is 1. The Morgan fingerprint density at radius 3 is 2.19 bits per heavy atom. The molecule has 3 aromatic carbocycles. The van der Waals surface area contributed by atoms with Gasteiger partial charge in [-0.3, -0.25) is 4.90 Å². The highest BCUT2D eigenvalue weighted by atomic mass is 35.5. The number of carbonyl (C=O) groups excluding carboxylic acids is 1. The number of fused-ring (bicyclic) bond motifs is 1. The quantitative estimate of drug-likeness (QED) is 0.540. The van der Waals surface area contributed by atoms with Gasteiger partial charge in [0.2, 0.25) is 0 Å². The lowest BCUT2D eigenvalue weighted by Crippen LogP contribution is -2.52. The third-order valence-corrected chi connectivity index (χ3v) is 6.41. The Balaban J connectivity index is 0.00000245. The molecule has 2 aliphatic rings. The van der Waals surface area contributed by atoms with E-state index in [2.05, 4.69) is 34.5 Å². The van der Waals surface area contributed by atoms with Crippen LogP contribution in [0.15, 0.2) is 78.9 Å². The molecule has 2 aliphatic heterocycles. The summed E-state index contributed by atoms with van der Waals surface area (Å²) >= 11 is 0. The Morgan fingerprint density at radius 1 is 0.844 bits per heavy atom. The number of urea groups is 1. The molecular formula is C26H27ClFN3O. The van der Waals surface area contributed by atoms with Crippen LogP contribution in [0.2, 0.25) is 0 Å². The summed E-state index contributed by atoms with van der Waals surface area (Å²) in [6, 6.07) is 24.5. The zero-order valence-electron chi connectivity index (χ0n) is 17.8. The van der Waals surface area contributed by atoms with Gasteiger partial charge in [-0.15, -0.1) is 12.4 Å². The van der Waals surface area contributed by atoms with Crippen LogP contribution in [0.4, 0.5) is 14.9 Å². The fourth-order valence-electron chi connectivity index (χ4n) is 4.88. The summed E-state index contributed by atoms with van der Waals surface area (Å²) in [5, 5.41) is 3.03. The van der Waals surface area contributed by atoms with Gasteiger partial charge < -0.3 is 10.2 Å². The van der Waals surface area contributed by atoms with Crippen molar-refractivity contribution in [1.29, 1.82) is 0 Å². The van der Waals surface area contributed by atoms with Crippen molar-refractivity contribution >= 4 is 24.1 Å². The second-order valence-corrected chi connectivity index (χ2v) is 8.34. The molecule has 5 rings (SSSR count). The third-order valence-electron chi connectivity index (χ3n) is 6.41. The second kappa shape index (κ2) is 9.72. The van der Waals surface area contributed by atoms with E-state index in [0.29, 0.717) is 5.56 Å². The highest BCUT2D eigenvalue weighted by Crippen LogP contribution is 2.41. The Kier molecular flexibility index (Phi) is 6.77. The van der Waals surface area contributed by atoms with Crippen LogP contribution in [0.1, 0.15) is 35.6 Å². The normalized spacial score (nSPS) is 19.1. The topological polar surface area (TPSA) is 35.6 Å². The fourth-order valence-corrected chi connectivity index (χ4v) is 4.88. The molecule has 1 N–H and O–H groups in total. The molecule has 0 spiro atoms. The first kappa shape index (κ1) is 22.3. The van der Waals surface area contributed by atoms with Gasteiger partial charge in [0.1, 0.15) is 5.82 Å². The lowest BCUT2D eigenvalue weighted by Gasteiger charge is -2.45. The average Bonchev–Trinajstić information content (AvgIpc) is 2.80. The van der Waals surface area contributed by atoms with E-state index in [1.807, 2.05) is 41.3 Å². The molecule has 0 aromatic heterocycles. The Labute approximate surface area is 194 Å². The van der Waals surface area contributed by atoms with E-state index in [1.165, 1.54) is 11.6 Å². The van der Waals surface area contributed by atoms with Crippen molar-refractivity contribution in [2.24, 2.45) is 0 Å². The lowest BCUT2D eigenvalue weighted by atomic mass is 9.90. The van der Waals surface area contributed by atoms with Gasteiger partial charge in [-0.2, -0.15) is 0 Å². The smallest absolute Gasteiger partial charge is 0.310 e. The molecule has 0 saturated carbocycles. The molecule has 1 saturated heterocycles. The van der Waals surface area contributed by atoms with Crippen LogP contribution in [0.3, 0.4) is 0 Å². The zero-order valence-corrected chi connectivity index (χ0v) is 18.6. The molecule has 166 valence electrons. The third kappa shape index (κ3) is 4.36. The number of nitrogens with zero attached hydrogens (tertiary/aromatic N) is 2. The lowest BCUT2D eigenvalue weighted by molar-refractivity contribution is 0.105. The molecule has 0 aliphatic carbocycles. The summed E-state index contributed by atoms with van der Waals surface area (Å²) in [5.41, 5.74) is 3.56. The Hall–Kier alpha value is -2.89. The molecule has 0 radical (unpaired) electrons. The predicted molar refractivity (Wildman–Crippen MR) is 128 cm³/mol. The van der Waals surface area contributed by atoms with Crippen LogP contribution in [-0.2, 0) is 6.54 Å². The maximum Gasteiger partial charge on any atom is 0.322 e. The number of amides is 2. The van der Waals surface area contributed by atoms with E-state index in [4.69, 9.17) is 0 Å². The first-order chi connectivity index (χ1) is 15.2. The van der Waals surface area contributed by atoms with E-state index in [-0.39, 0.29) is 30.3 Å². The van der Waals surface area contributed by atoms with Gasteiger partial charge in [0.05, 0.1) is 6.04 Å².